The highest BCUT2D eigenvalue weighted by Gasteiger charge is 2.43. The van der Waals surface area contributed by atoms with Crippen LogP contribution in [0.25, 0.3) is 0 Å². The van der Waals surface area contributed by atoms with Crippen LogP contribution in [-0.2, 0) is 0 Å². The van der Waals surface area contributed by atoms with Crippen molar-refractivity contribution in [1.29, 1.82) is 0 Å². The Morgan fingerprint density at radius 3 is 2.82 bits per heavy atom. The molecule has 2 N–H and O–H groups in total. The fraction of sp³-hybridized carbons (Fsp3) is 0.615. The number of rotatable bonds is 2. The molecule has 2 aliphatic rings. The molecular formula is C13H20N4. The summed E-state index contributed by atoms with van der Waals surface area (Å²) in [5.74, 6) is 0. The second-order valence-corrected chi connectivity index (χ2v) is 5.25. The Morgan fingerprint density at radius 2 is 2.12 bits per heavy atom. The van der Waals surface area contributed by atoms with Gasteiger partial charge in [-0.2, -0.15) is 0 Å². The molecule has 4 heteroatoms. The van der Waals surface area contributed by atoms with E-state index in [0.29, 0.717) is 5.41 Å². The molecule has 2 saturated heterocycles. The molecule has 1 aromatic rings. The van der Waals surface area contributed by atoms with E-state index >= 15 is 0 Å². The third kappa shape index (κ3) is 1.86. The number of nitrogens with zero attached hydrogens (tertiary/aromatic N) is 2. The van der Waals surface area contributed by atoms with E-state index in [9.17, 15) is 0 Å². The van der Waals surface area contributed by atoms with Gasteiger partial charge in [0.05, 0.1) is 17.6 Å². The smallest absolute Gasteiger partial charge is 0.0761 e. The molecule has 0 unspecified atom stereocenters. The Hall–Kier alpha value is -1.29. The van der Waals surface area contributed by atoms with E-state index in [-0.39, 0.29) is 0 Å². The number of anilines is 2. The molecule has 0 bridgehead atoms. The van der Waals surface area contributed by atoms with Gasteiger partial charge in [-0.25, -0.2) is 0 Å². The van der Waals surface area contributed by atoms with Crippen LogP contribution in [0.3, 0.4) is 0 Å². The topological polar surface area (TPSA) is 40.2 Å². The summed E-state index contributed by atoms with van der Waals surface area (Å²) in [4.78, 5) is 6.63. The van der Waals surface area contributed by atoms with Crippen molar-refractivity contribution in [3.05, 3.63) is 18.5 Å². The zero-order valence-electron chi connectivity index (χ0n) is 10.4. The molecular weight excluding hydrogens is 212 g/mol. The van der Waals surface area contributed by atoms with Gasteiger partial charge in [-0.05, 0) is 32.0 Å². The summed E-state index contributed by atoms with van der Waals surface area (Å²) < 4.78 is 0. The van der Waals surface area contributed by atoms with E-state index in [1.54, 1.807) is 0 Å². The molecule has 2 fully saturated rings. The molecule has 1 spiro atoms. The van der Waals surface area contributed by atoms with Gasteiger partial charge in [0.1, 0.15) is 0 Å². The number of aromatic nitrogens is 1. The molecule has 1 aromatic heterocycles. The van der Waals surface area contributed by atoms with E-state index in [0.717, 1.165) is 5.69 Å². The number of nitrogens with one attached hydrogen (secondary N) is 2. The predicted molar refractivity (Wildman–Crippen MR) is 70.5 cm³/mol. The van der Waals surface area contributed by atoms with Gasteiger partial charge < -0.3 is 15.5 Å². The standard InChI is InChI=1S/C13H20N4/c1-14-11-8-16-5-2-12(11)17-9-13(10-17)3-6-15-7-4-13/h2,5,8,14-15H,3-4,6-7,9-10H2,1H3. The molecule has 0 aromatic carbocycles. The molecule has 0 radical (unpaired) electrons. The van der Waals surface area contributed by atoms with Crippen molar-refractivity contribution >= 4 is 11.4 Å². The lowest BCUT2D eigenvalue weighted by atomic mass is 9.72. The van der Waals surface area contributed by atoms with Gasteiger partial charge >= 0.3 is 0 Å². The second kappa shape index (κ2) is 4.18. The molecule has 3 heterocycles. The van der Waals surface area contributed by atoms with Crippen molar-refractivity contribution in [2.24, 2.45) is 5.41 Å². The summed E-state index contributed by atoms with van der Waals surface area (Å²) in [5, 5.41) is 6.66. The van der Waals surface area contributed by atoms with E-state index < -0.39 is 0 Å². The highest BCUT2D eigenvalue weighted by Crippen LogP contribution is 2.42. The monoisotopic (exact) mass is 232 g/mol. The average molecular weight is 232 g/mol. The first kappa shape index (κ1) is 10.8. The summed E-state index contributed by atoms with van der Waals surface area (Å²) >= 11 is 0. The van der Waals surface area contributed by atoms with Crippen LogP contribution in [0.1, 0.15) is 12.8 Å². The minimum absolute atomic E-state index is 0.583. The molecule has 2 aliphatic heterocycles. The van der Waals surface area contributed by atoms with E-state index in [1.165, 1.54) is 44.7 Å². The lowest BCUT2D eigenvalue weighted by Gasteiger charge is -2.54. The minimum atomic E-state index is 0.583. The molecule has 0 saturated carbocycles. The van der Waals surface area contributed by atoms with Crippen molar-refractivity contribution in [3.8, 4) is 0 Å². The third-order valence-corrected chi connectivity index (χ3v) is 4.12. The van der Waals surface area contributed by atoms with Crippen molar-refractivity contribution in [2.45, 2.75) is 12.8 Å². The first-order valence-electron chi connectivity index (χ1n) is 6.40. The largest absolute Gasteiger partial charge is 0.385 e. The number of hydrogen-bond donors (Lipinski definition) is 2. The Bertz CT molecular complexity index is 390. The molecule has 0 amide bonds. The second-order valence-electron chi connectivity index (χ2n) is 5.25. The fourth-order valence-corrected chi connectivity index (χ4v) is 3.06. The summed E-state index contributed by atoms with van der Waals surface area (Å²) in [6.45, 7) is 4.77. The van der Waals surface area contributed by atoms with Gasteiger partial charge in [0, 0.05) is 31.7 Å². The van der Waals surface area contributed by atoms with Crippen LogP contribution in [0.4, 0.5) is 11.4 Å². The summed E-state index contributed by atoms with van der Waals surface area (Å²) in [7, 11) is 1.96. The Labute approximate surface area is 102 Å². The van der Waals surface area contributed by atoms with Crippen molar-refractivity contribution in [1.82, 2.24) is 10.3 Å². The maximum Gasteiger partial charge on any atom is 0.0761 e. The van der Waals surface area contributed by atoms with Gasteiger partial charge in [0.2, 0.25) is 0 Å². The van der Waals surface area contributed by atoms with Gasteiger partial charge in [-0.1, -0.05) is 0 Å². The Balaban J connectivity index is 1.72. The van der Waals surface area contributed by atoms with Crippen molar-refractivity contribution in [3.63, 3.8) is 0 Å². The summed E-state index contributed by atoms with van der Waals surface area (Å²) in [6.07, 6.45) is 6.43. The summed E-state index contributed by atoms with van der Waals surface area (Å²) in [6, 6.07) is 2.11. The van der Waals surface area contributed by atoms with Crippen molar-refractivity contribution in [2.75, 3.05) is 43.4 Å². The number of pyridine rings is 1. The highest BCUT2D eigenvalue weighted by molar-refractivity contribution is 5.69. The molecule has 3 rings (SSSR count). The fourth-order valence-electron chi connectivity index (χ4n) is 3.06. The SMILES string of the molecule is CNc1cnccc1N1CC2(CCNCC2)C1. The van der Waals surface area contributed by atoms with Gasteiger partial charge in [0.15, 0.2) is 0 Å². The van der Waals surface area contributed by atoms with E-state index in [4.69, 9.17) is 0 Å². The molecule has 0 atom stereocenters. The highest BCUT2D eigenvalue weighted by atomic mass is 15.2. The molecule has 92 valence electrons. The molecule has 0 aliphatic carbocycles. The van der Waals surface area contributed by atoms with Gasteiger partial charge in [0.25, 0.3) is 0 Å². The first-order chi connectivity index (χ1) is 8.33. The van der Waals surface area contributed by atoms with Crippen LogP contribution in [-0.4, -0.2) is 38.2 Å². The van der Waals surface area contributed by atoms with Crippen LogP contribution in [0, 0.1) is 5.41 Å². The van der Waals surface area contributed by atoms with Crippen LogP contribution in [0.5, 0.6) is 0 Å². The van der Waals surface area contributed by atoms with Crippen LogP contribution >= 0.6 is 0 Å². The van der Waals surface area contributed by atoms with E-state index in [1.807, 2.05) is 19.4 Å². The predicted octanol–water partition coefficient (Wildman–Crippen LogP) is 1.31. The lowest BCUT2D eigenvalue weighted by Crippen LogP contribution is -2.60. The lowest BCUT2D eigenvalue weighted by molar-refractivity contribution is 0.150. The van der Waals surface area contributed by atoms with Gasteiger partial charge in [-0.15, -0.1) is 0 Å². The van der Waals surface area contributed by atoms with Crippen molar-refractivity contribution < 1.29 is 0 Å². The quantitative estimate of drug-likeness (QED) is 0.806. The zero-order valence-corrected chi connectivity index (χ0v) is 10.4. The molecule has 17 heavy (non-hydrogen) atoms. The maximum absolute atomic E-state index is 4.16. The van der Waals surface area contributed by atoms with Gasteiger partial charge in [-0.3, -0.25) is 4.98 Å². The Morgan fingerprint density at radius 1 is 1.35 bits per heavy atom. The van der Waals surface area contributed by atoms with Crippen LogP contribution < -0.4 is 15.5 Å². The van der Waals surface area contributed by atoms with Crippen LogP contribution in [0.15, 0.2) is 18.5 Å². The third-order valence-electron chi connectivity index (χ3n) is 4.12. The first-order valence-corrected chi connectivity index (χ1v) is 6.40. The maximum atomic E-state index is 4.16. The normalized spacial score (nSPS) is 22.3. The number of hydrogen-bond acceptors (Lipinski definition) is 4. The zero-order chi connectivity index (χ0) is 11.7. The summed E-state index contributed by atoms with van der Waals surface area (Å²) in [5.41, 5.74) is 3.02. The minimum Gasteiger partial charge on any atom is -0.385 e. The van der Waals surface area contributed by atoms with Crippen LogP contribution in [0.2, 0.25) is 0 Å². The molecule has 4 nitrogen and oxygen atoms in total. The van der Waals surface area contributed by atoms with E-state index in [2.05, 4.69) is 26.6 Å². The average Bonchev–Trinajstić information content (AvgIpc) is 2.37. The Kier molecular flexibility index (Phi) is 2.67. The number of piperidine rings is 1.